The molecule has 1 amide bonds. The fourth-order valence-corrected chi connectivity index (χ4v) is 1.15. The molecular weight excluding hydrogens is 164 g/mol. The summed E-state index contributed by atoms with van der Waals surface area (Å²) in [5.74, 6) is -0.0320. The molecule has 2 atom stereocenters. The van der Waals surface area contributed by atoms with E-state index in [9.17, 15) is 4.79 Å². The van der Waals surface area contributed by atoms with Crippen molar-refractivity contribution in [3.8, 4) is 0 Å². The average molecular weight is 182 g/mol. The van der Waals surface area contributed by atoms with Gasteiger partial charge in [0.2, 0.25) is 5.91 Å². The molecular formula is C10H18N2O. The maximum Gasteiger partial charge on any atom is 0.224 e. The zero-order valence-electron chi connectivity index (χ0n) is 8.12. The van der Waals surface area contributed by atoms with E-state index < -0.39 is 0 Å². The van der Waals surface area contributed by atoms with Crippen LogP contribution >= 0.6 is 0 Å². The van der Waals surface area contributed by atoms with Gasteiger partial charge in [0, 0.05) is 12.1 Å². The summed E-state index contributed by atoms with van der Waals surface area (Å²) in [6.07, 6.45) is 4.69. The summed E-state index contributed by atoms with van der Waals surface area (Å²) in [4.78, 5) is 11.5. The van der Waals surface area contributed by atoms with Crippen molar-refractivity contribution in [2.75, 3.05) is 0 Å². The van der Waals surface area contributed by atoms with Gasteiger partial charge in [-0.15, -0.1) is 6.58 Å². The fourth-order valence-electron chi connectivity index (χ4n) is 1.15. The monoisotopic (exact) mass is 182 g/mol. The van der Waals surface area contributed by atoms with Gasteiger partial charge in [-0.05, 0) is 19.3 Å². The Morgan fingerprint density at radius 1 is 1.77 bits per heavy atom. The zero-order chi connectivity index (χ0) is 9.84. The van der Waals surface area contributed by atoms with Crippen molar-refractivity contribution in [3.05, 3.63) is 12.7 Å². The Hall–Kier alpha value is -0.830. The minimum absolute atomic E-state index is 0.0804. The van der Waals surface area contributed by atoms with Crippen LogP contribution in [0.4, 0.5) is 0 Å². The molecule has 0 aromatic rings. The molecule has 1 rings (SSSR count). The van der Waals surface area contributed by atoms with Gasteiger partial charge >= 0.3 is 0 Å². The van der Waals surface area contributed by atoms with Crippen molar-refractivity contribution >= 4 is 5.91 Å². The first kappa shape index (κ1) is 10.3. The van der Waals surface area contributed by atoms with E-state index in [0.717, 1.165) is 12.8 Å². The van der Waals surface area contributed by atoms with Crippen LogP contribution in [0.3, 0.4) is 0 Å². The van der Waals surface area contributed by atoms with Crippen LogP contribution in [0.5, 0.6) is 0 Å². The molecule has 1 aliphatic rings. The third-order valence-corrected chi connectivity index (χ3v) is 2.42. The van der Waals surface area contributed by atoms with Crippen molar-refractivity contribution in [2.45, 2.75) is 38.3 Å². The Bertz CT molecular complexity index is 199. The number of rotatable bonds is 5. The third kappa shape index (κ3) is 3.19. The Kier molecular flexibility index (Phi) is 3.48. The van der Waals surface area contributed by atoms with Gasteiger partial charge in [0.15, 0.2) is 0 Å². The van der Waals surface area contributed by atoms with E-state index in [2.05, 4.69) is 11.9 Å². The van der Waals surface area contributed by atoms with Gasteiger partial charge in [-0.3, -0.25) is 4.79 Å². The summed E-state index contributed by atoms with van der Waals surface area (Å²) < 4.78 is 0. The van der Waals surface area contributed by atoms with Crippen molar-refractivity contribution < 1.29 is 4.79 Å². The number of nitrogens with one attached hydrogen (secondary N) is 1. The molecule has 1 aliphatic carbocycles. The van der Waals surface area contributed by atoms with Gasteiger partial charge in [0.1, 0.15) is 0 Å². The van der Waals surface area contributed by atoms with Gasteiger partial charge in [-0.2, -0.15) is 0 Å². The molecule has 74 valence electrons. The third-order valence-electron chi connectivity index (χ3n) is 2.42. The van der Waals surface area contributed by atoms with Crippen molar-refractivity contribution in [1.82, 2.24) is 5.32 Å². The molecule has 0 saturated heterocycles. The van der Waals surface area contributed by atoms with E-state index in [1.807, 2.05) is 6.92 Å². The molecule has 0 heterocycles. The highest BCUT2D eigenvalue weighted by Gasteiger charge is 2.27. The van der Waals surface area contributed by atoms with Crippen molar-refractivity contribution in [1.29, 1.82) is 0 Å². The number of nitrogens with two attached hydrogens (primary N) is 1. The SMILES string of the molecule is C=CCC(N)C(C)C(=O)NC1CC1. The van der Waals surface area contributed by atoms with Gasteiger partial charge in [-0.1, -0.05) is 13.0 Å². The Balaban J connectivity index is 2.30. The summed E-state index contributed by atoms with van der Waals surface area (Å²) in [5.41, 5.74) is 5.79. The highest BCUT2D eigenvalue weighted by Crippen LogP contribution is 2.19. The lowest BCUT2D eigenvalue weighted by Gasteiger charge is -2.17. The minimum Gasteiger partial charge on any atom is -0.353 e. The van der Waals surface area contributed by atoms with Crippen LogP contribution in [0.2, 0.25) is 0 Å². The molecule has 0 aliphatic heterocycles. The van der Waals surface area contributed by atoms with E-state index in [-0.39, 0.29) is 17.9 Å². The lowest BCUT2D eigenvalue weighted by atomic mass is 9.99. The maximum absolute atomic E-state index is 11.5. The molecule has 0 radical (unpaired) electrons. The first-order valence-corrected chi connectivity index (χ1v) is 4.82. The number of carbonyl (C=O) groups excluding carboxylic acids is 1. The molecule has 0 bridgehead atoms. The van der Waals surface area contributed by atoms with Crippen LogP contribution in [0.1, 0.15) is 26.2 Å². The van der Waals surface area contributed by atoms with Crippen molar-refractivity contribution in [2.24, 2.45) is 11.7 Å². The van der Waals surface area contributed by atoms with E-state index >= 15 is 0 Å². The molecule has 0 spiro atoms. The fraction of sp³-hybridized carbons (Fsp3) is 0.700. The normalized spacial score (nSPS) is 20.5. The van der Waals surface area contributed by atoms with Gasteiger partial charge in [-0.25, -0.2) is 0 Å². The standard InChI is InChI=1S/C10H18N2O/c1-3-4-9(11)7(2)10(13)12-8-5-6-8/h3,7-9H,1,4-6,11H2,2H3,(H,12,13). The largest absolute Gasteiger partial charge is 0.353 e. The minimum atomic E-state index is -0.112. The molecule has 3 nitrogen and oxygen atoms in total. The molecule has 0 aromatic carbocycles. The lowest BCUT2D eigenvalue weighted by molar-refractivity contribution is -0.125. The first-order chi connectivity index (χ1) is 6.15. The Morgan fingerprint density at radius 2 is 2.38 bits per heavy atom. The lowest BCUT2D eigenvalue weighted by Crippen LogP contribution is -2.40. The highest BCUT2D eigenvalue weighted by molar-refractivity contribution is 5.79. The van der Waals surface area contributed by atoms with Crippen LogP contribution < -0.4 is 11.1 Å². The molecule has 0 aromatic heterocycles. The number of hydrogen-bond acceptors (Lipinski definition) is 2. The number of carbonyl (C=O) groups is 1. The van der Waals surface area contributed by atoms with Crippen LogP contribution in [-0.2, 0) is 4.79 Å². The second-order valence-corrected chi connectivity index (χ2v) is 3.76. The predicted molar refractivity (Wildman–Crippen MR) is 53.1 cm³/mol. The van der Waals surface area contributed by atoms with Gasteiger partial charge in [0.05, 0.1) is 5.92 Å². The highest BCUT2D eigenvalue weighted by atomic mass is 16.2. The summed E-state index contributed by atoms with van der Waals surface area (Å²) >= 11 is 0. The second kappa shape index (κ2) is 4.42. The molecule has 13 heavy (non-hydrogen) atoms. The van der Waals surface area contributed by atoms with Gasteiger partial charge in [0.25, 0.3) is 0 Å². The van der Waals surface area contributed by atoms with E-state index in [1.165, 1.54) is 0 Å². The van der Waals surface area contributed by atoms with Crippen LogP contribution in [-0.4, -0.2) is 18.0 Å². The van der Waals surface area contributed by atoms with E-state index in [4.69, 9.17) is 5.73 Å². The quantitative estimate of drug-likeness (QED) is 0.618. The van der Waals surface area contributed by atoms with Crippen molar-refractivity contribution in [3.63, 3.8) is 0 Å². The zero-order valence-corrected chi connectivity index (χ0v) is 8.12. The Morgan fingerprint density at radius 3 is 2.85 bits per heavy atom. The van der Waals surface area contributed by atoms with Crippen LogP contribution in [0.25, 0.3) is 0 Å². The molecule has 3 heteroatoms. The smallest absolute Gasteiger partial charge is 0.224 e. The number of amides is 1. The Labute approximate surface area is 79.4 Å². The number of hydrogen-bond donors (Lipinski definition) is 2. The topological polar surface area (TPSA) is 55.1 Å². The summed E-state index contributed by atoms with van der Waals surface area (Å²) in [6.45, 7) is 5.47. The van der Waals surface area contributed by atoms with Crippen LogP contribution in [0.15, 0.2) is 12.7 Å². The van der Waals surface area contributed by atoms with Gasteiger partial charge < -0.3 is 11.1 Å². The predicted octanol–water partition coefficient (Wildman–Crippen LogP) is 0.804. The molecule has 1 fully saturated rings. The first-order valence-electron chi connectivity index (χ1n) is 4.82. The second-order valence-electron chi connectivity index (χ2n) is 3.76. The molecule has 2 unspecified atom stereocenters. The molecule has 3 N–H and O–H groups in total. The van der Waals surface area contributed by atoms with E-state index in [1.54, 1.807) is 6.08 Å². The summed E-state index contributed by atoms with van der Waals surface area (Å²) in [6, 6.07) is 0.321. The average Bonchev–Trinajstić information content (AvgIpc) is 2.87. The molecule has 1 saturated carbocycles. The summed E-state index contributed by atoms with van der Waals surface area (Å²) in [7, 11) is 0. The summed E-state index contributed by atoms with van der Waals surface area (Å²) in [5, 5.41) is 2.94. The van der Waals surface area contributed by atoms with Crippen LogP contribution in [0, 0.1) is 5.92 Å². The van der Waals surface area contributed by atoms with E-state index in [0.29, 0.717) is 12.5 Å². The maximum atomic E-state index is 11.5.